The number of carbonyl (C=O) groups is 2. The molecule has 0 aliphatic carbocycles. The molecule has 2 amide bonds. The fraction of sp³-hybridized carbons (Fsp3) is 0.389. The van der Waals surface area contributed by atoms with Gasteiger partial charge in [-0.25, -0.2) is 4.98 Å². The molecule has 0 aliphatic heterocycles. The normalized spacial score (nSPS) is 11.8. The Balaban J connectivity index is 1.94. The summed E-state index contributed by atoms with van der Waals surface area (Å²) in [5, 5.41) is 8.24. The molecule has 6 heteroatoms. The van der Waals surface area contributed by atoms with Crippen LogP contribution in [0.2, 0.25) is 0 Å². The Hall–Kier alpha value is -2.21. The average Bonchev–Trinajstić information content (AvgIpc) is 3.01. The Labute approximate surface area is 146 Å². The minimum atomic E-state index is -0.0282. The molecule has 0 spiro atoms. The molecule has 0 unspecified atom stereocenters. The number of nitrogens with zero attached hydrogens (tertiary/aromatic N) is 1. The first kappa shape index (κ1) is 18.1. The molecule has 0 aliphatic rings. The lowest BCUT2D eigenvalue weighted by atomic mass is 10.0. The summed E-state index contributed by atoms with van der Waals surface area (Å²) >= 11 is 1.43. The van der Waals surface area contributed by atoms with Crippen molar-refractivity contribution in [2.45, 2.75) is 46.1 Å². The second kappa shape index (κ2) is 8.59. The van der Waals surface area contributed by atoms with Gasteiger partial charge in [0.05, 0.1) is 5.69 Å². The molecular formula is C18H23N3O2S. The van der Waals surface area contributed by atoms with E-state index in [0.717, 1.165) is 24.1 Å². The van der Waals surface area contributed by atoms with Gasteiger partial charge in [-0.05, 0) is 25.3 Å². The smallest absolute Gasteiger partial charge is 0.225 e. The van der Waals surface area contributed by atoms with Crippen molar-refractivity contribution in [1.29, 1.82) is 0 Å². The van der Waals surface area contributed by atoms with E-state index < -0.39 is 0 Å². The fourth-order valence-electron chi connectivity index (χ4n) is 2.32. The van der Waals surface area contributed by atoms with Gasteiger partial charge in [0.1, 0.15) is 0 Å². The molecule has 1 aromatic heterocycles. The second-order valence-corrected chi connectivity index (χ2v) is 6.63. The number of hydrogen-bond donors (Lipinski definition) is 2. The number of thiazole rings is 1. The van der Waals surface area contributed by atoms with Gasteiger partial charge in [-0.3, -0.25) is 9.59 Å². The number of carbonyl (C=O) groups excluding carboxylic acids is 2. The van der Waals surface area contributed by atoms with E-state index in [2.05, 4.69) is 27.8 Å². The summed E-state index contributed by atoms with van der Waals surface area (Å²) in [6.45, 7) is 5.36. The summed E-state index contributed by atoms with van der Waals surface area (Å²) in [6.07, 6.45) is 2.26. The SMILES string of the molecule is CCC(=O)Nc1nc(-c2ccc(CC[C@H](C)NC(C)=O)cc2)cs1. The first-order valence-electron chi connectivity index (χ1n) is 8.09. The maximum atomic E-state index is 11.4. The highest BCUT2D eigenvalue weighted by atomic mass is 32.1. The van der Waals surface area contributed by atoms with E-state index in [0.29, 0.717) is 11.6 Å². The van der Waals surface area contributed by atoms with Gasteiger partial charge in [-0.15, -0.1) is 11.3 Å². The van der Waals surface area contributed by atoms with Crippen LogP contribution >= 0.6 is 11.3 Å². The Morgan fingerprint density at radius 2 is 1.96 bits per heavy atom. The quantitative estimate of drug-likeness (QED) is 0.805. The Bertz CT molecular complexity index is 695. The summed E-state index contributed by atoms with van der Waals surface area (Å²) in [7, 11) is 0. The van der Waals surface area contributed by atoms with Crippen molar-refractivity contribution < 1.29 is 9.59 Å². The highest BCUT2D eigenvalue weighted by molar-refractivity contribution is 7.14. The number of aromatic nitrogens is 1. The molecule has 0 saturated carbocycles. The predicted molar refractivity (Wildman–Crippen MR) is 98.1 cm³/mol. The molecule has 0 radical (unpaired) electrons. The van der Waals surface area contributed by atoms with E-state index in [4.69, 9.17) is 0 Å². The van der Waals surface area contributed by atoms with Gasteiger partial charge < -0.3 is 10.6 Å². The fourth-order valence-corrected chi connectivity index (χ4v) is 3.05. The van der Waals surface area contributed by atoms with Crippen molar-refractivity contribution >= 4 is 28.3 Å². The molecule has 1 aromatic carbocycles. The number of anilines is 1. The summed E-state index contributed by atoms with van der Waals surface area (Å²) in [6, 6.07) is 8.42. The zero-order valence-corrected chi connectivity index (χ0v) is 15.1. The van der Waals surface area contributed by atoms with Crippen molar-refractivity contribution in [2.75, 3.05) is 5.32 Å². The van der Waals surface area contributed by atoms with Crippen molar-refractivity contribution in [3.8, 4) is 11.3 Å². The van der Waals surface area contributed by atoms with Crippen molar-refractivity contribution in [3.05, 3.63) is 35.2 Å². The maximum Gasteiger partial charge on any atom is 0.225 e. The van der Waals surface area contributed by atoms with E-state index in [1.807, 2.05) is 31.4 Å². The number of nitrogens with one attached hydrogen (secondary N) is 2. The minimum absolute atomic E-state index is 0.00680. The van der Waals surface area contributed by atoms with Crippen LogP contribution in [0.1, 0.15) is 39.2 Å². The van der Waals surface area contributed by atoms with Gasteiger partial charge in [0, 0.05) is 30.3 Å². The first-order chi connectivity index (χ1) is 11.5. The third-order valence-corrected chi connectivity index (χ3v) is 4.39. The summed E-state index contributed by atoms with van der Waals surface area (Å²) in [5.74, 6) is -0.0214. The standard InChI is InChI=1S/C18H23N3O2S/c1-4-17(23)21-18-20-16(11-24-18)15-9-7-14(8-10-15)6-5-12(2)19-13(3)22/h7-12H,4-6H2,1-3H3,(H,19,22)(H,20,21,23)/t12-/m0/s1. The van der Waals surface area contributed by atoms with Crippen LogP contribution in [0.5, 0.6) is 0 Å². The van der Waals surface area contributed by atoms with Gasteiger partial charge in [0.2, 0.25) is 11.8 Å². The molecule has 0 bridgehead atoms. The minimum Gasteiger partial charge on any atom is -0.354 e. The largest absolute Gasteiger partial charge is 0.354 e. The van der Waals surface area contributed by atoms with E-state index in [1.54, 1.807) is 0 Å². The summed E-state index contributed by atoms with van der Waals surface area (Å²) < 4.78 is 0. The Morgan fingerprint density at radius 1 is 1.25 bits per heavy atom. The van der Waals surface area contributed by atoms with Crippen molar-refractivity contribution in [2.24, 2.45) is 0 Å². The van der Waals surface area contributed by atoms with E-state index in [9.17, 15) is 9.59 Å². The molecule has 1 heterocycles. The zero-order valence-electron chi connectivity index (χ0n) is 14.3. The molecule has 0 saturated heterocycles. The van der Waals surface area contributed by atoms with E-state index in [1.165, 1.54) is 23.8 Å². The van der Waals surface area contributed by atoms with Crippen LogP contribution in [0, 0.1) is 0 Å². The van der Waals surface area contributed by atoms with Gasteiger partial charge in [0.25, 0.3) is 0 Å². The van der Waals surface area contributed by atoms with Gasteiger partial charge in [-0.1, -0.05) is 31.2 Å². The molecule has 2 aromatic rings. The maximum absolute atomic E-state index is 11.4. The number of aryl methyl sites for hydroxylation is 1. The highest BCUT2D eigenvalue weighted by Crippen LogP contribution is 2.25. The van der Waals surface area contributed by atoms with Crippen LogP contribution in [0.25, 0.3) is 11.3 Å². The first-order valence-corrected chi connectivity index (χ1v) is 8.97. The van der Waals surface area contributed by atoms with Crippen molar-refractivity contribution in [3.63, 3.8) is 0 Å². The molecule has 24 heavy (non-hydrogen) atoms. The van der Waals surface area contributed by atoms with Crippen LogP contribution in [0.3, 0.4) is 0 Å². The number of rotatable bonds is 7. The highest BCUT2D eigenvalue weighted by Gasteiger charge is 2.08. The molecular weight excluding hydrogens is 322 g/mol. The van der Waals surface area contributed by atoms with Crippen LogP contribution in [-0.2, 0) is 16.0 Å². The summed E-state index contributed by atoms with van der Waals surface area (Å²) in [4.78, 5) is 26.9. The van der Waals surface area contributed by atoms with Crippen LogP contribution in [0.4, 0.5) is 5.13 Å². The molecule has 2 N–H and O–H groups in total. The van der Waals surface area contributed by atoms with Crippen molar-refractivity contribution in [1.82, 2.24) is 10.3 Å². The second-order valence-electron chi connectivity index (χ2n) is 5.78. The van der Waals surface area contributed by atoms with E-state index in [-0.39, 0.29) is 17.9 Å². The van der Waals surface area contributed by atoms with Crippen LogP contribution in [-0.4, -0.2) is 22.8 Å². The third kappa shape index (κ3) is 5.45. The van der Waals surface area contributed by atoms with Crippen LogP contribution in [0.15, 0.2) is 29.6 Å². The lowest BCUT2D eigenvalue weighted by Gasteiger charge is -2.12. The number of hydrogen-bond acceptors (Lipinski definition) is 4. The Morgan fingerprint density at radius 3 is 2.58 bits per heavy atom. The van der Waals surface area contributed by atoms with E-state index >= 15 is 0 Å². The Kier molecular flexibility index (Phi) is 6.49. The third-order valence-electron chi connectivity index (χ3n) is 3.64. The topological polar surface area (TPSA) is 71.1 Å². The number of benzene rings is 1. The van der Waals surface area contributed by atoms with Gasteiger partial charge >= 0.3 is 0 Å². The monoisotopic (exact) mass is 345 g/mol. The summed E-state index contributed by atoms with van der Waals surface area (Å²) in [5.41, 5.74) is 3.12. The lowest BCUT2D eigenvalue weighted by Crippen LogP contribution is -2.30. The zero-order chi connectivity index (χ0) is 17.5. The number of amides is 2. The molecule has 2 rings (SSSR count). The molecule has 1 atom stereocenters. The van der Waals surface area contributed by atoms with Gasteiger partial charge in [0.15, 0.2) is 5.13 Å². The van der Waals surface area contributed by atoms with Gasteiger partial charge in [-0.2, -0.15) is 0 Å². The molecule has 128 valence electrons. The lowest BCUT2D eigenvalue weighted by molar-refractivity contribution is -0.119. The average molecular weight is 345 g/mol. The molecule has 5 nitrogen and oxygen atoms in total. The molecule has 0 fully saturated rings. The van der Waals surface area contributed by atoms with Crippen LogP contribution < -0.4 is 10.6 Å². The predicted octanol–water partition coefficient (Wildman–Crippen LogP) is 3.62.